The molecule has 1 unspecified atom stereocenters. The van der Waals surface area contributed by atoms with E-state index in [4.69, 9.17) is 5.11 Å². The minimum Gasteiger partial charge on any atom is -0.481 e. The van der Waals surface area contributed by atoms with Crippen molar-refractivity contribution in [3.8, 4) is 0 Å². The molecule has 0 fully saturated rings. The molecule has 0 aliphatic heterocycles. The van der Waals surface area contributed by atoms with Crippen LogP contribution in [0.15, 0.2) is 0 Å². The fraction of sp³-hybridized carbons (Fsp3) is 0.867. The van der Waals surface area contributed by atoms with E-state index in [0.29, 0.717) is 13.0 Å². The van der Waals surface area contributed by atoms with Crippen molar-refractivity contribution in [1.29, 1.82) is 0 Å². The van der Waals surface area contributed by atoms with Crippen LogP contribution in [-0.4, -0.2) is 41.6 Å². The van der Waals surface area contributed by atoms with Gasteiger partial charge in [-0.25, -0.2) is 4.79 Å². The Morgan fingerprint density at radius 3 is 2.40 bits per heavy atom. The molecule has 0 aliphatic rings. The molecule has 2 N–H and O–H groups in total. The van der Waals surface area contributed by atoms with Crippen molar-refractivity contribution < 1.29 is 14.7 Å². The monoisotopic (exact) mass is 286 g/mol. The minimum absolute atomic E-state index is 0.0556. The quantitative estimate of drug-likeness (QED) is 0.684. The Labute approximate surface area is 122 Å². The summed E-state index contributed by atoms with van der Waals surface area (Å²) in [4.78, 5) is 24.2. The van der Waals surface area contributed by atoms with Crippen LogP contribution in [0, 0.1) is 5.41 Å². The topological polar surface area (TPSA) is 69.6 Å². The second kappa shape index (κ2) is 8.82. The lowest BCUT2D eigenvalue weighted by Gasteiger charge is -2.27. The van der Waals surface area contributed by atoms with Crippen molar-refractivity contribution >= 4 is 12.0 Å². The van der Waals surface area contributed by atoms with Crippen LogP contribution in [-0.2, 0) is 4.79 Å². The summed E-state index contributed by atoms with van der Waals surface area (Å²) < 4.78 is 0. The number of carbonyl (C=O) groups excluding carboxylic acids is 1. The summed E-state index contributed by atoms with van der Waals surface area (Å²) in [5.41, 5.74) is -0.0702. The van der Waals surface area contributed by atoms with Gasteiger partial charge in [-0.15, -0.1) is 0 Å². The highest BCUT2D eigenvalue weighted by molar-refractivity contribution is 5.74. The second-order valence-electron chi connectivity index (χ2n) is 6.29. The lowest BCUT2D eigenvalue weighted by Crippen LogP contribution is -2.43. The van der Waals surface area contributed by atoms with Gasteiger partial charge >= 0.3 is 12.0 Å². The van der Waals surface area contributed by atoms with Crippen LogP contribution in [0.3, 0.4) is 0 Å². The zero-order valence-electron chi connectivity index (χ0n) is 13.5. The predicted molar refractivity (Wildman–Crippen MR) is 80.8 cm³/mol. The SMILES string of the molecule is CCCC(C)N(C)C(=O)NCCC(C)(C)CCC(=O)O. The number of amides is 2. The molecule has 0 spiro atoms. The summed E-state index contributed by atoms with van der Waals surface area (Å²) in [5.74, 6) is -0.768. The van der Waals surface area contributed by atoms with E-state index in [0.717, 1.165) is 19.3 Å². The zero-order chi connectivity index (χ0) is 15.8. The molecule has 0 bridgehead atoms. The molecule has 0 heterocycles. The summed E-state index contributed by atoms with van der Waals surface area (Å²) in [6.07, 6.45) is 3.63. The number of nitrogens with one attached hydrogen (secondary N) is 1. The van der Waals surface area contributed by atoms with Crippen molar-refractivity contribution in [2.75, 3.05) is 13.6 Å². The number of hydrogen-bond acceptors (Lipinski definition) is 2. The molecule has 118 valence electrons. The Balaban J connectivity index is 4.03. The molecule has 0 aliphatic carbocycles. The maximum Gasteiger partial charge on any atom is 0.317 e. The minimum atomic E-state index is -0.768. The summed E-state index contributed by atoms with van der Waals surface area (Å²) in [7, 11) is 1.81. The molecule has 0 saturated carbocycles. The van der Waals surface area contributed by atoms with Gasteiger partial charge in [0.1, 0.15) is 0 Å². The van der Waals surface area contributed by atoms with E-state index in [-0.39, 0.29) is 23.9 Å². The third-order valence-electron chi connectivity index (χ3n) is 3.78. The normalized spacial score (nSPS) is 12.8. The third kappa shape index (κ3) is 8.02. The number of carbonyl (C=O) groups is 2. The fourth-order valence-corrected chi connectivity index (χ4v) is 2.01. The average molecular weight is 286 g/mol. The first-order valence-electron chi connectivity index (χ1n) is 7.42. The van der Waals surface area contributed by atoms with Crippen LogP contribution >= 0.6 is 0 Å². The van der Waals surface area contributed by atoms with E-state index in [1.807, 2.05) is 27.8 Å². The number of carboxylic acids is 1. The van der Waals surface area contributed by atoms with Crippen LogP contribution in [0.5, 0.6) is 0 Å². The van der Waals surface area contributed by atoms with Crippen molar-refractivity contribution in [2.24, 2.45) is 5.41 Å². The highest BCUT2D eigenvalue weighted by Crippen LogP contribution is 2.26. The van der Waals surface area contributed by atoms with Crippen molar-refractivity contribution in [3.05, 3.63) is 0 Å². The summed E-state index contributed by atoms with van der Waals surface area (Å²) in [6, 6.07) is 0.181. The Kier molecular flexibility index (Phi) is 8.26. The molecule has 20 heavy (non-hydrogen) atoms. The van der Waals surface area contributed by atoms with Gasteiger partial charge in [-0.05, 0) is 31.6 Å². The Hall–Kier alpha value is -1.26. The molecule has 5 heteroatoms. The number of nitrogens with zero attached hydrogens (tertiary/aromatic N) is 1. The Bertz CT molecular complexity index is 316. The smallest absolute Gasteiger partial charge is 0.317 e. The van der Waals surface area contributed by atoms with E-state index in [2.05, 4.69) is 12.2 Å². The number of hydrogen-bond donors (Lipinski definition) is 2. The largest absolute Gasteiger partial charge is 0.481 e. The Morgan fingerprint density at radius 1 is 1.30 bits per heavy atom. The average Bonchev–Trinajstić information content (AvgIpc) is 2.35. The Morgan fingerprint density at radius 2 is 1.90 bits per heavy atom. The molecule has 1 atom stereocenters. The van der Waals surface area contributed by atoms with Gasteiger partial charge < -0.3 is 15.3 Å². The van der Waals surface area contributed by atoms with Crippen LogP contribution < -0.4 is 5.32 Å². The van der Waals surface area contributed by atoms with Gasteiger partial charge in [0, 0.05) is 26.1 Å². The van der Waals surface area contributed by atoms with E-state index < -0.39 is 5.97 Å². The molecule has 0 rings (SSSR count). The number of aliphatic carboxylic acids is 1. The lowest BCUT2D eigenvalue weighted by atomic mass is 9.84. The third-order valence-corrected chi connectivity index (χ3v) is 3.78. The maximum absolute atomic E-state index is 11.9. The van der Waals surface area contributed by atoms with Gasteiger partial charge in [-0.3, -0.25) is 4.79 Å². The van der Waals surface area contributed by atoms with Crippen LogP contribution in [0.25, 0.3) is 0 Å². The highest BCUT2D eigenvalue weighted by atomic mass is 16.4. The van der Waals surface area contributed by atoms with E-state index >= 15 is 0 Å². The first kappa shape index (κ1) is 18.7. The maximum atomic E-state index is 11.9. The standard InChI is InChI=1S/C15H30N2O3/c1-6-7-12(2)17(5)14(20)16-11-10-15(3,4)9-8-13(18)19/h12H,6-11H2,1-5H3,(H,16,20)(H,18,19). The number of rotatable bonds is 9. The van der Waals surface area contributed by atoms with Gasteiger partial charge in [0.05, 0.1) is 0 Å². The van der Waals surface area contributed by atoms with Crippen LogP contribution in [0.1, 0.15) is 59.8 Å². The lowest BCUT2D eigenvalue weighted by molar-refractivity contribution is -0.137. The molecule has 2 amide bonds. The predicted octanol–water partition coefficient (Wildman–Crippen LogP) is 3.10. The van der Waals surface area contributed by atoms with Gasteiger partial charge in [-0.2, -0.15) is 0 Å². The van der Waals surface area contributed by atoms with Crippen LogP contribution in [0.2, 0.25) is 0 Å². The van der Waals surface area contributed by atoms with Crippen molar-refractivity contribution in [2.45, 2.75) is 65.8 Å². The number of carboxylic acid groups (broad SMARTS) is 1. The van der Waals surface area contributed by atoms with Crippen molar-refractivity contribution in [3.63, 3.8) is 0 Å². The van der Waals surface area contributed by atoms with Gasteiger partial charge in [-0.1, -0.05) is 27.2 Å². The molecule has 0 saturated heterocycles. The fourth-order valence-electron chi connectivity index (χ4n) is 2.01. The van der Waals surface area contributed by atoms with Crippen molar-refractivity contribution in [1.82, 2.24) is 10.2 Å². The molecule has 0 aromatic rings. The molecular formula is C15H30N2O3. The van der Waals surface area contributed by atoms with Crippen LogP contribution in [0.4, 0.5) is 4.79 Å². The first-order valence-corrected chi connectivity index (χ1v) is 7.42. The highest BCUT2D eigenvalue weighted by Gasteiger charge is 2.20. The van der Waals surface area contributed by atoms with E-state index in [1.165, 1.54) is 0 Å². The van der Waals surface area contributed by atoms with E-state index in [9.17, 15) is 9.59 Å². The second-order valence-corrected chi connectivity index (χ2v) is 6.29. The molecule has 0 aromatic heterocycles. The van der Waals surface area contributed by atoms with E-state index in [1.54, 1.807) is 4.90 Å². The molecule has 0 radical (unpaired) electrons. The summed E-state index contributed by atoms with van der Waals surface area (Å²) in [5, 5.41) is 11.6. The van der Waals surface area contributed by atoms with Gasteiger partial charge in [0.2, 0.25) is 0 Å². The van der Waals surface area contributed by atoms with Gasteiger partial charge in [0.15, 0.2) is 0 Å². The molecule has 5 nitrogen and oxygen atoms in total. The molecular weight excluding hydrogens is 256 g/mol. The summed E-state index contributed by atoms with van der Waals surface area (Å²) >= 11 is 0. The number of urea groups is 1. The summed E-state index contributed by atoms with van der Waals surface area (Å²) in [6.45, 7) is 8.79. The molecule has 0 aromatic carbocycles. The first-order chi connectivity index (χ1) is 9.19. The van der Waals surface area contributed by atoms with Gasteiger partial charge in [0.25, 0.3) is 0 Å². The zero-order valence-corrected chi connectivity index (χ0v) is 13.5.